The summed E-state index contributed by atoms with van der Waals surface area (Å²) in [6.45, 7) is 2.62. The molecule has 1 aromatic heterocycles. The van der Waals surface area contributed by atoms with E-state index in [1.807, 2.05) is 31.2 Å². The first-order chi connectivity index (χ1) is 12.1. The van der Waals surface area contributed by atoms with Crippen LogP contribution in [0.3, 0.4) is 0 Å². The number of carbonyl (C=O) groups is 1. The van der Waals surface area contributed by atoms with Crippen LogP contribution in [0.15, 0.2) is 36.4 Å². The lowest BCUT2D eigenvalue weighted by Crippen LogP contribution is -2.30. The first-order valence-electron chi connectivity index (χ1n) is 7.67. The van der Waals surface area contributed by atoms with E-state index < -0.39 is 0 Å². The second-order valence-electron chi connectivity index (χ2n) is 5.47. The Hall–Kier alpha value is -1.95. The number of carbonyl (C=O) groups excluding carboxylic acids is 1. The van der Waals surface area contributed by atoms with E-state index in [0.29, 0.717) is 33.0 Å². The summed E-state index contributed by atoms with van der Waals surface area (Å²) in [6, 6.07) is 10.9. The first kappa shape index (κ1) is 16.5. The highest BCUT2D eigenvalue weighted by Crippen LogP contribution is 2.39. The number of ether oxygens (including phenoxy) is 2. The van der Waals surface area contributed by atoms with Gasteiger partial charge in [-0.3, -0.25) is 4.79 Å². The summed E-state index contributed by atoms with van der Waals surface area (Å²) in [4.78, 5) is 15.3. The first-order valence-corrected chi connectivity index (χ1v) is 9.24. The van der Waals surface area contributed by atoms with Crippen LogP contribution in [-0.2, 0) is 0 Å². The van der Waals surface area contributed by atoms with Gasteiger partial charge >= 0.3 is 0 Å². The van der Waals surface area contributed by atoms with E-state index in [4.69, 9.17) is 32.7 Å². The highest BCUT2D eigenvalue weighted by Gasteiger charge is 2.24. The Morgan fingerprint density at radius 3 is 2.76 bits per heavy atom. The van der Waals surface area contributed by atoms with Crippen LogP contribution in [0.1, 0.15) is 16.6 Å². The van der Waals surface area contributed by atoms with Crippen molar-refractivity contribution in [3.8, 4) is 11.5 Å². The molecule has 0 spiro atoms. The Kier molecular flexibility index (Phi) is 4.23. The second-order valence-corrected chi connectivity index (χ2v) is 7.34. The van der Waals surface area contributed by atoms with Crippen LogP contribution < -0.4 is 14.4 Å². The minimum Gasteiger partial charge on any atom is -0.454 e. The van der Waals surface area contributed by atoms with Crippen LogP contribution in [-0.4, -0.2) is 19.2 Å². The third-order valence-corrected chi connectivity index (χ3v) is 5.90. The number of hydrogen-bond donors (Lipinski definition) is 0. The minimum atomic E-state index is -0.149. The maximum atomic E-state index is 13.1. The molecule has 25 heavy (non-hydrogen) atoms. The maximum absolute atomic E-state index is 13.1. The second kappa shape index (κ2) is 6.41. The van der Waals surface area contributed by atoms with Gasteiger partial charge in [-0.15, -0.1) is 11.3 Å². The van der Waals surface area contributed by atoms with Crippen LogP contribution in [0.5, 0.6) is 11.5 Å². The third kappa shape index (κ3) is 2.82. The van der Waals surface area contributed by atoms with Gasteiger partial charge in [0.2, 0.25) is 6.79 Å². The van der Waals surface area contributed by atoms with Crippen molar-refractivity contribution in [2.75, 3.05) is 18.2 Å². The third-order valence-electron chi connectivity index (χ3n) is 4.01. The molecular weight excluding hydrogens is 381 g/mol. The largest absolute Gasteiger partial charge is 0.454 e. The van der Waals surface area contributed by atoms with E-state index in [2.05, 4.69) is 0 Å². The zero-order chi connectivity index (χ0) is 17.6. The average Bonchev–Trinajstić information content (AvgIpc) is 3.19. The van der Waals surface area contributed by atoms with Crippen molar-refractivity contribution in [3.05, 3.63) is 51.3 Å². The number of amides is 1. The lowest BCUT2D eigenvalue weighted by atomic mass is 10.2. The maximum Gasteiger partial charge on any atom is 0.269 e. The summed E-state index contributed by atoms with van der Waals surface area (Å²) in [5.74, 6) is 1.17. The summed E-state index contributed by atoms with van der Waals surface area (Å²) in [5, 5.41) is 1.91. The molecule has 0 atom stereocenters. The van der Waals surface area contributed by atoms with Crippen LogP contribution in [0.25, 0.3) is 10.1 Å². The van der Waals surface area contributed by atoms with Gasteiger partial charge in [0, 0.05) is 33.4 Å². The van der Waals surface area contributed by atoms with Crippen molar-refractivity contribution < 1.29 is 14.3 Å². The quantitative estimate of drug-likeness (QED) is 0.580. The lowest BCUT2D eigenvalue weighted by Gasteiger charge is -2.20. The van der Waals surface area contributed by atoms with E-state index in [1.54, 1.807) is 17.0 Å². The number of rotatable bonds is 3. The van der Waals surface area contributed by atoms with Crippen LogP contribution in [0.4, 0.5) is 5.69 Å². The number of nitrogens with zero attached hydrogens (tertiary/aromatic N) is 1. The zero-order valence-electron chi connectivity index (χ0n) is 13.2. The van der Waals surface area contributed by atoms with Gasteiger partial charge in [0.05, 0.1) is 5.02 Å². The van der Waals surface area contributed by atoms with E-state index in [-0.39, 0.29) is 12.7 Å². The Bertz CT molecular complexity index is 986. The van der Waals surface area contributed by atoms with Crippen molar-refractivity contribution in [1.82, 2.24) is 0 Å². The number of thiophene rings is 1. The van der Waals surface area contributed by atoms with E-state index in [1.165, 1.54) is 11.3 Å². The predicted octanol–water partition coefficient (Wildman–Crippen LogP) is 5.60. The number of anilines is 1. The molecule has 0 bridgehead atoms. The highest BCUT2D eigenvalue weighted by molar-refractivity contribution is 7.21. The molecular formula is C18H13Cl2NO3S. The van der Waals surface area contributed by atoms with Gasteiger partial charge < -0.3 is 14.4 Å². The summed E-state index contributed by atoms with van der Waals surface area (Å²) in [7, 11) is 0. The molecule has 0 aliphatic carbocycles. The van der Waals surface area contributed by atoms with Crippen molar-refractivity contribution in [1.29, 1.82) is 0 Å². The molecule has 0 fully saturated rings. The van der Waals surface area contributed by atoms with Crippen molar-refractivity contribution >= 4 is 56.2 Å². The van der Waals surface area contributed by atoms with E-state index >= 15 is 0 Å². The fourth-order valence-corrected chi connectivity index (χ4v) is 4.53. The Morgan fingerprint density at radius 2 is 1.96 bits per heavy atom. The SMILES string of the molecule is CCN(C(=O)c1sc2cc(Cl)ccc2c1Cl)c1ccc2c(c1)OCO2. The van der Waals surface area contributed by atoms with E-state index in [9.17, 15) is 4.79 Å². The Labute approximate surface area is 158 Å². The molecule has 0 saturated heterocycles. The van der Waals surface area contributed by atoms with Crippen molar-refractivity contribution in [3.63, 3.8) is 0 Å². The molecule has 3 aromatic rings. The monoisotopic (exact) mass is 393 g/mol. The molecule has 1 amide bonds. The molecule has 4 rings (SSSR count). The lowest BCUT2D eigenvalue weighted by molar-refractivity contribution is 0.0992. The molecule has 1 aliphatic rings. The zero-order valence-corrected chi connectivity index (χ0v) is 15.5. The number of benzene rings is 2. The molecule has 0 radical (unpaired) electrons. The van der Waals surface area contributed by atoms with Crippen molar-refractivity contribution in [2.45, 2.75) is 6.92 Å². The van der Waals surface area contributed by atoms with Gasteiger partial charge in [-0.05, 0) is 31.2 Å². The van der Waals surface area contributed by atoms with Gasteiger partial charge in [0.15, 0.2) is 11.5 Å². The molecule has 0 N–H and O–H groups in total. The van der Waals surface area contributed by atoms with Crippen molar-refractivity contribution in [2.24, 2.45) is 0 Å². The number of fused-ring (bicyclic) bond motifs is 2. The normalized spacial score (nSPS) is 12.6. The molecule has 7 heteroatoms. The molecule has 0 unspecified atom stereocenters. The number of hydrogen-bond acceptors (Lipinski definition) is 4. The average molecular weight is 394 g/mol. The van der Waals surface area contributed by atoms with Gasteiger partial charge in [-0.1, -0.05) is 29.3 Å². The van der Waals surface area contributed by atoms with E-state index in [0.717, 1.165) is 15.8 Å². The Morgan fingerprint density at radius 1 is 1.16 bits per heavy atom. The molecule has 1 aliphatic heterocycles. The van der Waals surface area contributed by atoms with Gasteiger partial charge in [0.1, 0.15) is 4.88 Å². The summed E-state index contributed by atoms with van der Waals surface area (Å²) < 4.78 is 11.6. The van der Waals surface area contributed by atoms with Crippen LogP contribution in [0, 0.1) is 0 Å². The number of halogens is 2. The molecule has 2 aromatic carbocycles. The fourth-order valence-electron chi connectivity index (χ4n) is 2.80. The summed E-state index contributed by atoms with van der Waals surface area (Å²) in [5.41, 5.74) is 0.739. The van der Waals surface area contributed by atoms with Gasteiger partial charge in [0.25, 0.3) is 5.91 Å². The fraction of sp³-hybridized carbons (Fsp3) is 0.167. The molecule has 4 nitrogen and oxygen atoms in total. The summed E-state index contributed by atoms with van der Waals surface area (Å²) >= 11 is 13.9. The molecule has 0 saturated carbocycles. The van der Waals surface area contributed by atoms with Gasteiger partial charge in [-0.2, -0.15) is 0 Å². The minimum absolute atomic E-state index is 0.149. The molecule has 2 heterocycles. The summed E-state index contributed by atoms with van der Waals surface area (Å²) in [6.07, 6.45) is 0. The van der Waals surface area contributed by atoms with Crippen LogP contribution >= 0.6 is 34.5 Å². The highest BCUT2D eigenvalue weighted by atomic mass is 35.5. The molecule has 128 valence electrons. The Balaban J connectivity index is 1.74. The van der Waals surface area contributed by atoms with Gasteiger partial charge in [-0.25, -0.2) is 0 Å². The van der Waals surface area contributed by atoms with Crippen LogP contribution in [0.2, 0.25) is 10.0 Å². The standard InChI is InChI=1S/C18H13Cl2NO3S/c1-2-21(11-4-6-13-14(8-11)24-9-23-13)18(22)17-16(20)12-5-3-10(19)7-15(12)25-17/h3-8H,2,9H2,1H3. The smallest absolute Gasteiger partial charge is 0.269 e. The topological polar surface area (TPSA) is 38.8 Å². The predicted molar refractivity (Wildman–Crippen MR) is 102 cm³/mol.